The summed E-state index contributed by atoms with van der Waals surface area (Å²) in [5.41, 5.74) is 6.05. The Kier molecular flexibility index (Phi) is 7.19. The van der Waals surface area contributed by atoms with Crippen LogP contribution in [-0.4, -0.2) is 37.3 Å². The molecule has 0 spiro atoms. The molecular weight excluding hydrogens is 298 g/mol. The van der Waals surface area contributed by atoms with Crippen molar-refractivity contribution in [2.24, 2.45) is 11.7 Å². The van der Waals surface area contributed by atoms with Crippen LogP contribution in [0.1, 0.15) is 26.3 Å². The minimum atomic E-state index is -1.14. The number of hydrogen-bond donors (Lipinski definition) is 1. The first-order valence-corrected chi connectivity index (χ1v) is 7.42. The Balaban J connectivity index is 2.66. The highest BCUT2D eigenvalue weighted by Gasteiger charge is 2.35. The fraction of sp³-hybridized carbons (Fsp3) is 0.529. The number of ether oxygens (including phenoxy) is 3. The molecule has 23 heavy (non-hydrogen) atoms. The number of hydrogen-bond acceptors (Lipinski definition) is 6. The number of nitrogens with two attached hydrogens (primary N) is 1. The van der Waals surface area contributed by atoms with Gasteiger partial charge in [0.25, 0.3) is 0 Å². The van der Waals surface area contributed by atoms with Gasteiger partial charge >= 0.3 is 11.9 Å². The van der Waals surface area contributed by atoms with E-state index < -0.39 is 29.5 Å². The van der Waals surface area contributed by atoms with Gasteiger partial charge in [0.15, 0.2) is 0 Å². The predicted molar refractivity (Wildman–Crippen MR) is 85.4 cm³/mol. The summed E-state index contributed by atoms with van der Waals surface area (Å²) in [4.78, 5) is 24.3. The lowest BCUT2D eigenvalue weighted by atomic mass is 10.0. The molecule has 6 heteroatoms. The van der Waals surface area contributed by atoms with E-state index in [1.807, 2.05) is 30.3 Å². The minimum Gasteiger partial charge on any atom is -0.460 e. The molecule has 2 N–H and O–H groups in total. The van der Waals surface area contributed by atoms with Gasteiger partial charge in [-0.1, -0.05) is 30.3 Å². The van der Waals surface area contributed by atoms with Crippen LogP contribution in [0.25, 0.3) is 0 Å². The van der Waals surface area contributed by atoms with Crippen molar-refractivity contribution in [3.8, 4) is 0 Å². The van der Waals surface area contributed by atoms with Crippen LogP contribution in [0.2, 0.25) is 0 Å². The standard InChI is InChI=1S/C17H25NO5/c1-17(2,3)23-15(19)13(11-21-4)14(18)16(20)22-10-12-8-6-5-7-9-12/h5-9,13-14H,10-11,18H2,1-4H3. The highest BCUT2D eigenvalue weighted by Crippen LogP contribution is 2.15. The van der Waals surface area contributed by atoms with Gasteiger partial charge in [0, 0.05) is 7.11 Å². The molecule has 128 valence electrons. The quantitative estimate of drug-likeness (QED) is 0.768. The van der Waals surface area contributed by atoms with E-state index in [1.54, 1.807) is 20.8 Å². The molecule has 2 unspecified atom stereocenters. The summed E-state index contributed by atoms with van der Waals surface area (Å²) in [6.07, 6.45) is 0. The van der Waals surface area contributed by atoms with Crippen molar-refractivity contribution >= 4 is 11.9 Å². The second kappa shape index (κ2) is 8.64. The van der Waals surface area contributed by atoms with Gasteiger partial charge in [-0.3, -0.25) is 9.59 Å². The lowest BCUT2D eigenvalue weighted by Gasteiger charge is -2.26. The lowest BCUT2D eigenvalue weighted by molar-refractivity contribution is -0.167. The summed E-state index contributed by atoms with van der Waals surface area (Å²) in [6.45, 7) is 5.31. The molecule has 0 amide bonds. The fourth-order valence-electron chi connectivity index (χ4n) is 1.86. The molecule has 2 atom stereocenters. The molecule has 0 aromatic heterocycles. The average Bonchev–Trinajstić information content (AvgIpc) is 2.48. The van der Waals surface area contributed by atoms with Crippen LogP contribution in [0, 0.1) is 5.92 Å². The summed E-state index contributed by atoms with van der Waals surface area (Å²) in [5, 5.41) is 0. The molecule has 0 aliphatic rings. The highest BCUT2D eigenvalue weighted by atomic mass is 16.6. The van der Waals surface area contributed by atoms with Gasteiger partial charge in [0.05, 0.1) is 6.61 Å². The van der Waals surface area contributed by atoms with Crippen LogP contribution in [0.5, 0.6) is 0 Å². The maximum atomic E-state index is 12.2. The number of esters is 2. The Labute approximate surface area is 136 Å². The van der Waals surface area contributed by atoms with Crippen molar-refractivity contribution in [2.45, 2.75) is 39.0 Å². The lowest BCUT2D eigenvalue weighted by Crippen LogP contribution is -2.47. The average molecular weight is 323 g/mol. The van der Waals surface area contributed by atoms with Crippen molar-refractivity contribution in [1.82, 2.24) is 0 Å². The third-order valence-electron chi connectivity index (χ3n) is 2.99. The summed E-state index contributed by atoms with van der Waals surface area (Å²) in [6, 6.07) is 8.08. The van der Waals surface area contributed by atoms with E-state index in [2.05, 4.69) is 0 Å². The first-order chi connectivity index (χ1) is 10.7. The molecule has 0 radical (unpaired) electrons. The number of benzene rings is 1. The zero-order valence-corrected chi connectivity index (χ0v) is 14.1. The van der Waals surface area contributed by atoms with E-state index in [4.69, 9.17) is 19.9 Å². The molecule has 0 bridgehead atoms. The van der Waals surface area contributed by atoms with E-state index in [9.17, 15) is 9.59 Å². The topological polar surface area (TPSA) is 87.9 Å². The van der Waals surface area contributed by atoms with E-state index in [-0.39, 0.29) is 13.2 Å². The third-order valence-corrected chi connectivity index (χ3v) is 2.99. The smallest absolute Gasteiger partial charge is 0.324 e. The van der Waals surface area contributed by atoms with Gasteiger partial charge in [-0.2, -0.15) is 0 Å². The van der Waals surface area contributed by atoms with Gasteiger partial charge in [-0.05, 0) is 26.3 Å². The zero-order chi connectivity index (χ0) is 17.5. The molecule has 0 saturated heterocycles. The Morgan fingerprint density at radius 2 is 1.74 bits per heavy atom. The molecule has 1 rings (SSSR count). The van der Waals surface area contributed by atoms with Gasteiger partial charge in [0.2, 0.25) is 0 Å². The van der Waals surface area contributed by atoms with E-state index >= 15 is 0 Å². The van der Waals surface area contributed by atoms with Crippen molar-refractivity contribution < 1.29 is 23.8 Å². The van der Waals surface area contributed by atoms with Crippen LogP contribution in [0.3, 0.4) is 0 Å². The zero-order valence-electron chi connectivity index (χ0n) is 14.1. The number of methoxy groups -OCH3 is 1. The van der Waals surface area contributed by atoms with Crippen molar-refractivity contribution in [2.75, 3.05) is 13.7 Å². The largest absolute Gasteiger partial charge is 0.460 e. The van der Waals surface area contributed by atoms with Crippen LogP contribution in [0.4, 0.5) is 0 Å². The van der Waals surface area contributed by atoms with E-state index in [1.165, 1.54) is 7.11 Å². The summed E-state index contributed by atoms with van der Waals surface area (Å²) in [5.74, 6) is -2.16. The van der Waals surface area contributed by atoms with Crippen LogP contribution in [-0.2, 0) is 30.4 Å². The summed E-state index contributed by atoms with van der Waals surface area (Å²) >= 11 is 0. The van der Waals surface area contributed by atoms with Crippen LogP contribution in [0.15, 0.2) is 30.3 Å². The number of carbonyl (C=O) groups excluding carboxylic acids is 2. The Morgan fingerprint density at radius 3 is 2.26 bits per heavy atom. The van der Waals surface area contributed by atoms with Gasteiger partial charge < -0.3 is 19.9 Å². The Hall–Kier alpha value is -1.92. The van der Waals surface area contributed by atoms with Crippen molar-refractivity contribution in [1.29, 1.82) is 0 Å². The summed E-state index contributed by atoms with van der Waals surface area (Å²) in [7, 11) is 1.43. The summed E-state index contributed by atoms with van der Waals surface area (Å²) < 4.78 is 15.4. The molecule has 6 nitrogen and oxygen atoms in total. The van der Waals surface area contributed by atoms with Crippen molar-refractivity contribution in [3.63, 3.8) is 0 Å². The van der Waals surface area contributed by atoms with Gasteiger partial charge in [0.1, 0.15) is 24.2 Å². The van der Waals surface area contributed by atoms with Crippen LogP contribution >= 0.6 is 0 Å². The second-order valence-electron chi connectivity index (χ2n) is 6.21. The van der Waals surface area contributed by atoms with Gasteiger partial charge in [-0.25, -0.2) is 0 Å². The molecule has 0 fully saturated rings. The molecule has 1 aromatic rings. The first kappa shape index (κ1) is 19.1. The number of carbonyl (C=O) groups is 2. The van der Waals surface area contributed by atoms with Gasteiger partial charge in [-0.15, -0.1) is 0 Å². The predicted octanol–water partition coefficient (Wildman–Crippen LogP) is 1.66. The fourth-order valence-corrected chi connectivity index (χ4v) is 1.86. The van der Waals surface area contributed by atoms with Crippen LogP contribution < -0.4 is 5.73 Å². The van der Waals surface area contributed by atoms with E-state index in [0.29, 0.717) is 0 Å². The minimum absolute atomic E-state index is 0.0173. The molecule has 1 aromatic carbocycles. The second-order valence-corrected chi connectivity index (χ2v) is 6.21. The van der Waals surface area contributed by atoms with Crippen molar-refractivity contribution in [3.05, 3.63) is 35.9 Å². The molecular formula is C17H25NO5. The third kappa shape index (κ3) is 6.80. The number of rotatable bonds is 7. The first-order valence-electron chi connectivity index (χ1n) is 7.42. The molecule has 0 aliphatic heterocycles. The highest BCUT2D eigenvalue weighted by molar-refractivity contribution is 5.84. The molecule has 0 aliphatic carbocycles. The monoisotopic (exact) mass is 323 g/mol. The maximum Gasteiger partial charge on any atom is 0.324 e. The maximum absolute atomic E-state index is 12.2. The molecule has 0 saturated carbocycles. The Bertz CT molecular complexity index is 509. The van der Waals surface area contributed by atoms with E-state index in [0.717, 1.165) is 5.56 Å². The SMILES string of the molecule is COCC(C(=O)OC(C)(C)C)C(N)C(=O)OCc1ccccc1. The normalized spacial score (nSPS) is 14.0. The Morgan fingerprint density at radius 1 is 1.13 bits per heavy atom. The molecule has 0 heterocycles.